The van der Waals surface area contributed by atoms with E-state index in [1.165, 1.54) is 12.1 Å². The van der Waals surface area contributed by atoms with Gasteiger partial charge in [-0.2, -0.15) is 5.10 Å². The Morgan fingerprint density at radius 2 is 1.93 bits per heavy atom. The van der Waals surface area contributed by atoms with Gasteiger partial charge in [0.1, 0.15) is 18.1 Å². The number of allylic oxidation sites excluding steroid dienone is 1. The van der Waals surface area contributed by atoms with E-state index >= 15 is 0 Å². The van der Waals surface area contributed by atoms with Crippen LogP contribution in [0, 0.1) is 12.7 Å². The smallest absolute Gasteiger partial charge is 0.205 e. The van der Waals surface area contributed by atoms with Gasteiger partial charge in [0.05, 0.1) is 22.8 Å². The summed E-state index contributed by atoms with van der Waals surface area (Å²) in [5.74, 6) is 0.0936. The quantitative estimate of drug-likeness (QED) is 0.458. The topological polar surface area (TPSA) is 76.7 Å². The van der Waals surface area contributed by atoms with Gasteiger partial charge in [0, 0.05) is 13.0 Å². The van der Waals surface area contributed by atoms with Crippen molar-refractivity contribution in [2.45, 2.75) is 47.3 Å². The van der Waals surface area contributed by atoms with Crippen LogP contribution < -0.4 is 5.32 Å². The first-order chi connectivity index (χ1) is 12.8. The van der Waals surface area contributed by atoms with Crippen LogP contribution in [0.3, 0.4) is 0 Å². The van der Waals surface area contributed by atoms with Crippen molar-refractivity contribution in [3.63, 3.8) is 0 Å². The number of nitrogens with zero attached hydrogens (tertiary/aromatic N) is 5. The van der Waals surface area contributed by atoms with Gasteiger partial charge < -0.3 is 10.1 Å². The highest BCUT2D eigenvalue weighted by atomic mass is 19.1. The van der Waals surface area contributed by atoms with Gasteiger partial charge in [-0.15, -0.1) is 10.2 Å². The van der Waals surface area contributed by atoms with Crippen LogP contribution in [0.15, 0.2) is 46.7 Å². The molecule has 1 heterocycles. The van der Waals surface area contributed by atoms with E-state index in [-0.39, 0.29) is 18.5 Å². The first-order valence-corrected chi connectivity index (χ1v) is 8.62. The SMILES string of the molecule is C=C(NC(C)C)/C(C)=N/N=C(\C)OCc1c(C)nnn1-c1ccc(F)cc1. The van der Waals surface area contributed by atoms with Gasteiger partial charge in [0.15, 0.2) is 0 Å². The highest BCUT2D eigenvalue weighted by Crippen LogP contribution is 2.14. The fraction of sp³-hybridized carbons (Fsp3) is 0.368. The molecule has 0 amide bonds. The van der Waals surface area contributed by atoms with Gasteiger partial charge >= 0.3 is 0 Å². The molecule has 0 bridgehead atoms. The zero-order valence-electron chi connectivity index (χ0n) is 16.3. The van der Waals surface area contributed by atoms with E-state index < -0.39 is 0 Å². The molecule has 1 N–H and O–H groups in total. The van der Waals surface area contributed by atoms with E-state index in [0.717, 1.165) is 17.1 Å². The summed E-state index contributed by atoms with van der Waals surface area (Å²) in [6.07, 6.45) is 0. The standard InChI is InChI=1S/C19H25FN6O/c1-12(2)21-13(3)14(4)22-24-16(6)27-11-19-15(5)23-25-26(19)18-9-7-17(20)8-10-18/h7-10,12,21H,3,11H2,1-2,4-6H3/b22-14+,24-16+. The number of rotatable bonds is 7. The predicted molar refractivity (Wildman–Crippen MR) is 104 cm³/mol. The van der Waals surface area contributed by atoms with E-state index in [1.807, 2.05) is 27.7 Å². The van der Waals surface area contributed by atoms with Crippen LogP contribution in [-0.4, -0.2) is 32.6 Å². The molecule has 0 unspecified atom stereocenters. The number of aromatic nitrogens is 3. The van der Waals surface area contributed by atoms with Crippen molar-refractivity contribution in [1.29, 1.82) is 0 Å². The molecule has 0 saturated heterocycles. The van der Waals surface area contributed by atoms with Crippen molar-refractivity contribution in [3.05, 3.63) is 53.7 Å². The number of nitrogens with one attached hydrogen (secondary N) is 1. The van der Waals surface area contributed by atoms with Crippen LogP contribution >= 0.6 is 0 Å². The Morgan fingerprint density at radius 3 is 2.56 bits per heavy atom. The lowest BCUT2D eigenvalue weighted by Gasteiger charge is -2.11. The maximum absolute atomic E-state index is 13.1. The average molecular weight is 372 g/mol. The maximum Gasteiger partial charge on any atom is 0.205 e. The third-order valence-corrected chi connectivity index (χ3v) is 3.69. The van der Waals surface area contributed by atoms with Crippen LogP contribution in [0.2, 0.25) is 0 Å². The molecule has 2 rings (SSSR count). The average Bonchev–Trinajstić information content (AvgIpc) is 2.98. The van der Waals surface area contributed by atoms with Crippen molar-refractivity contribution < 1.29 is 9.13 Å². The number of hydrogen-bond acceptors (Lipinski definition) is 6. The summed E-state index contributed by atoms with van der Waals surface area (Å²) in [5, 5.41) is 19.5. The van der Waals surface area contributed by atoms with Crippen molar-refractivity contribution in [2.75, 3.05) is 0 Å². The number of ether oxygens (including phenoxy) is 1. The molecule has 0 fully saturated rings. The highest BCUT2D eigenvalue weighted by molar-refractivity contribution is 5.97. The molecule has 0 aliphatic rings. The summed E-state index contributed by atoms with van der Waals surface area (Å²) in [5.41, 5.74) is 3.58. The summed E-state index contributed by atoms with van der Waals surface area (Å²) < 4.78 is 20.4. The van der Waals surface area contributed by atoms with E-state index in [0.29, 0.717) is 17.3 Å². The van der Waals surface area contributed by atoms with Crippen molar-refractivity contribution in [2.24, 2.45) is 10.2 Å². The second kappa shape index (κ2) is 9.07. The monoisotopic (exact) mass is 372 g/mol. The summed E-state index contributed by atoms with van der Waals surface area (Å²) in [7, 11) is 0. The molecule has 2 aromatic rings. The molecule has 0 radical (unpaired) electrons. The first kappa shape index (κ1) is 20.3. The minimum atomic E-state index is -0.307. The predicted octanol–water partition coefficient (Wildman–Crippen LogP) is 3.54. The van der Waals surface area contributed by atoms with E-state index in [1.54, 1.807) is 23.7 Å². The zero-order chi connectivity index (χ0) is 20.0. The Bertz CT molecular complexity index is 852. The summed E-state index contributed by atoms with van der Waals surface area (Å²) in [4.78, 5) is 0. The van der Waals surface area contributed by atoms with Gasteiger partial charge in [-0.1, -0.05) is 11.8 Å². The fourth-order valence-corrected chi connectivity index (χ4v) is 2.19. The molecule has 144 valence electrons. The van der Waals surface area contributed by atoms with E-state index in [2.05, 4.69) is 32.4 Å². The lowest BCUT2D eigenvalue weighted by Crippen LogP contribution is -2.25. The third-order valence-electron chi connectivity index (χ3n) is 3.69. The molecule has 8 heteroatoms. The molecule has 0 spiro atoms. The Labute approximate surface area is 158 Å². The largest absolute Gasteiger partial charge is 0.473 e. The molecule has 0 atom stereocenters. The van der Waals surface area contributed by atoms with Crippen molar-refractivity contribution in [1.82, 2.24) is 20.3 Å². The molecular formula is C19H25FN6O. The zero-order valence-corrected chi connectivity index (χ0v) is 16.3. The molecule has 0 aliphatic heterocycles. The molecule has 1 aromatic carbocycles. The number of hydrogen-bond donors (Lipinski definition) is 1. The summed E-state index contributed by atoms with van der Waals surface area (Å²) in [6, 6.07) is 6.29. The fourth-order valence-electron chi connectivity index (χ4n) is 2.19. The van der Waals surface area contributed by atoms with Gasteiger partial charge in [-0.3, -0.25) is 0 Å². The minimum Gasteiger partial charge on any atom is -0.473 e. The highest BCUT2D eigenvalue weighted by Gasteiger charge is 2.12. The van der Waals surface area contributed by atoms with Crippen LogP contribution in [0.1, 0.15) is 39.1 Å². The summed E-state index contributed by atoms with van der Waals surface area (Å²) in [6.45, 7) is 13.6. The molecule has 27 heavy (non-hydrogen) atoms. The normalized spacial score (nSPS) is 12.4. The first-order valence-electron chi connectivity index (χ1n) is 8.62. The van der Waals surface area contributed by atoms with E-state index in [9.17, 15) is 4.39 Å². The van der Waals surface area contributed by atoms with Gasteiger partial charge in [0.25, 0.3) is 0 Å². The minimum absolute atomic E-state index is 0.214. The lowest BCUT2D eigenvalue weighted by molar-refractivity contribution is 0.279. The molecule has 7 nitrogen and oxygen atoms in total. The second-order valence-electron chi connectivity index (χ2n) is 6.38. The van der Waals surface area contributed by atoms with Crippen LogP contribution in [-0.2, 0) is 11.3 Å². The van der Waals surface area contributed by atoms with E-state index in [4.69, 9.17) is 4.74 Å². The second-order valence-corrected chi connectivity index (χ2v) is 6.38. The van der Waals surface area contributed by atoms with Crippen LogP contribution in [0.4, 0.5) is 4.39 Å². The summed E-state index contributed by atoms with van der Waals surface area (Å²) >= 11 is 0. The van der Waals surface area contributed by atoms with Gasteiger partial charge in [-0.05, 0) is 52.0 Å². The Morgan fingerprint density at radius 1 is 1.26 bits per heavy atom. The van der Waals surface area contributed by atoms with Gasteiger partial charge in [0.2, 0.25) is 5.90 Å². The van der Waals surface area contributed by atoms with Crippen molar-refractivity contribution >= 4 is 11.6 Å². The molecule has 0 aliphatic carbocycles. The number of halogens is 1. The molecular weight excluding hydrogens is 347 g/mol. The number of benzene rings is 1. The Balaban J connectivity index is 2.07. The molecule has 0 saturated carbocycles. The van der Waals surface area contributed by atoms with Crippen LogP contribution in [0.5, 0.6) is 0 Å². The Kier molecular flexibility index (Phi) is 6.81. The Hall–Kier alpha value is -3.03. The van der Waals surface area contributed by atoms with Crippen molar-refractivity contribution in [3.8, 4) is 5.69 Å². The third kappa shape index (κ3) is 5.73. The maximum atomic E-state index is 13.1. The van der Waals surface area contributed by atoms with Crippen LogP contribution in [0.25, 0.3) is 5.69 Å². The number of aryl methyl sites for hydroxylation is 1. The van der Waals surface area contributed by atoms with Gasteiger partial charge in [-0.25, -0.2) is 9.07 Å². The lowest BCUT2D eigenvalue weighted by atomic mass is 10.3. The molecule has 1 aromatic heterocycles.